The summed E-state index contributed by atoms with van der Waals surface area (Å²) in [5.74, 6) is -3.39. The summed E-state index contributed by atoms with van der Waals surface area (Å²) in [5.41, 5.74) is 23.7. The molecule has 0 heterocycles. The lowest BCUT2D eigenvalue weighted by molar-refractivity contribution is -0.142. The third-order valence-electron chi connectivity index (χ3n) is 6.88. The predicted molar refractivity (Wildman–Crippen MR) is 168 cm³/mol. The fourth-order valence-electron chi connectivity index (χ4n) is 4.40. The number of carbonyl (C=O) groups excluding carboxylic acids is 3. The number of carboxylic acids is 1. The molecule has 15 heteroatoms. The molecular weight excluding hydrogens is 584 g/mol. The quantitative estimate of drug-likeness (QED) is 0.0508. The molecule has 0 aliphatic carbocycles. The zero-order valence-electron chi connectivity index (χ0n) is 25.0. The summed E-state index contributed by atoms with van der Waals surface area (Å²) in [6, 6.07) is 7.50. The molecule has 2 rings (SSSR count). The number of rotatable bonds is 19. The van der Waals surface area contributed by atoms with Crippen molar-refractivity contribution in [3.8, 4) is 11.5 Å². The Bertz CT molecular complexity index is 1280. The minimum Gasteiger partial charge on any atom is -0.508 e. The second-order valence-electron chi connectivity index (χ2n) is 10.6. The van der Waals surface area contributed by atoms with E-state index in [1.54, 1.807) is 24.3 Å². The first-order valence-corrected chi connectivity index (χ1v) is 14.6. The van der Waals surface area contributed by atoms with Crippen LogP contribution in [-0.4, -0.2) is 82.2 Å². The van der Waals surface area contributed by atoms with Crippen LogP contribution in [0, 0.1) is 0 Å². The number of nitrogens with two attached hydrogens (primary N) is 4. The van der Waals surface area contributed by atoms with Crippen molar-refractivity contribution in [2.24, 2.45) is 27.9 Å². The number of nitrogens with one attached hydrogen (secondary N) is 3. The van der Waals surface area contributed by atoms with Crippen molar-refractivity contribution in [2.75, 3.05) is 13.1 Å². The normalized spacial score (nSPS) is 13.5. The first kappa shape index (κ1) is 36.3. The van der Waals surface area contributed by atoms with Crippen molar-refractivity contribution in [3.63, 3.8) is 0 Å². The van der Waals surface area contributed by atoms with E-state index in [1.807, 2.05) is 0 Å². The number of unbranched alkanes of at least 4 members (excludes halogenated alkanes) is 1. The van der Waals surface area contributed by atoms with E-state index in [1.165, 1.54) is 24.3 Å². The number of guanidine groups is 1. The van der Waals surface area contributed by atoms with E-state index in [0.29, 0.717) is 36.9 Å². The fraction of sp³-hybridized carbons (Fsp3) is 0.433. The van der Waals surface area contributed by atoms with Crippen LogP contribution < -0.4 is 38.9 Å². The molecule has 2 aromatic carbocycles. The van der Waals surface area contributed by atoms with Crippen LogP contribution in [0.2, 0.25) is 0 Å². The van der Waals surface area contributed by atoms with E-state index in [9.17, 15) is 34.5 Å². The van der Waals surface area contributed by atoms with Crippen molar-refractivity contribution < 1.29 is 34.5 Å². The lowest BCUT2D eigenvalue weighted by Crippen LogP contribution is -2.57. The fourth-order valence-corrected chi connectivity index (χ4v) is 4.40. The second-order valence-corrected chi connectivity index (χ2v) is 10.6. The zero-order chi connectivity index (χ0) is 33.4. The van der Waals surface area contributed by atoms with E-state index in [-0.39, 0.29) is 49.7 Å². The van der Waals surface area contributed by atoms with Crippen molar-refractivity contribution in [3.05, 3.63) is 59.7 Å². The molecule has 0 aromatic heterocycles. The van der Waals surface area contributed by atoms with Crippen LogP contribution in [0.15, 0.2) is 53.5 Å². The van der Waals surface area contributed by atoms with Crippen LogP contribution >= 0.6 is 0 Å². The smallest absolute Gasteiger partial charge is 0.326 e. The number of carboxylic acid groups (broad SMARTS) is 1. The van der Waals surface area contributed by atoms with Gasteiger partial charge in [-0.3, -0.25) is 19.4 Å². The second kappa shape index (κ2) is 18.7. The van der Waals surface area contributed by atoms with Crippen molar-refractivity contribution in [1.82, 2.24) is 16.0 Å². The molecule has 4 atom stereocenters. The number of hydrogen-bond acceptors (Lipinski definition) is 9. The number of aromatic hydroxyl groups is 2. The maximum absolute atomic E-state index is 13.6. The van der Waals surface area contributed by atoms with Gasteiger partial charge in [-0.25, -0.2) is 4.79 Å². The molecule has 15 nitrogen and oxygen atoms in total. The van der Waals surface area contributed by atoms with Gasteiger partial charge in [-0.15, -0.1) is 0 Å². The molecule has 0 saturated carbocycles. The van der Waals surface area contributed by atoms with Crippen LogP contribution in [-0.2, 0) is 32.0 Å². The molecule has 3 amide bonds. The van der Waals surface area contributed by atoms with Gasteiger partial charge in [-0.05, 0) is 80.5 Å². The summed E-state index contributed by atoms with van der Waals surface area (Å²) < 4.78 is 0. The van der Waals surface area contributed by atoms with Crippen LogP contribution in [0.3, 0.4) is 0 Å². The highest BCUT2D eigenvalue weighted by molar-refractivity contribution is 5.94. The Labute approximate surface area is 261 Å². The van der Waals surface area contributed by atoms with Gasteiger partial charge in [-0.2, -0.15) is 0 Å². The molecule has 2 aromatic rings. The molecule has 0 radical (unpaired) electrons. The first-order chi connectivity index (χ1) is 21.4. The highest BCUT2D eigenvalue weighted by atomic mass is 16.4. The lowest BCUT2D eigenvalue weighted by Gasteiger charge is -2.25. The molecule has 4 unspecified atom stereocenters. The molecule has 0 aliphatic heterocycles. The zero-order valence-corrected chi connectivity index (χ0v) is 25.0. The summed E-state index contributed by atoms with van der Waals surface area (Å²) in [6.07, 6.45) is 1.65. The molecule has 0 aliphatic rings. The molecular formula is C30H44N8O7. The van der Waals surface area contributed by atoms with Gasteiger partial charge in [-0.1, -0.05) is 24.3 Å². The third kappa shape index (κ3) is 13.5. The molecule has 0 fully saturated rings. The number of phenolic OH excluding ortho intramolecular Hbond substituents is 2. The summed E-state index contributed by atoms with van der Waals surface area (Å²) in [7, 11) is 0. The van der Waals surface area contributed by atoms with Crippen molar-refractivity contribution in [2.45, 2.75) is 69.1 Å². The summed E-state index contributed by atoms with van der Waals surface area (Å²) in [6.45, 7) is 0.538. The van der Waals surface area contributed by atoms with Crippen molar-refractivity contribution >= 4 is 29.7 Å². The van der Waals surface area contributed by atoms with Gasteiger partial charge in [0.1, 0.15) is 29.6 Å². The van der Waals surface area contributed by atoms with Gasteiger partial charge in [0.15, 0.2) is 5.96 Å². The summed E-state index contributed by atoms with van der Waals surface area (Å²) >= 11 is 0. The average molecular weight is 629 g/mol. The Morgan fingerprint density at radius 2 is 1.18 bits per heavy atom. The van der Waals surface area contributed by atoms with Gasteiger partial charge in [0.25, 0.3) is 0 Å². The first-order valence-electron chi connectivity index (χ1n) is 14.6. The van der Waals surface area contributed by atoms with E-state index in [4.69, 9.17) is 22.9 Å². The number of carbonyl (C=O) groups is 4. The van der Waals surface area contributed by atoms with E-state index >= 15 is 0 Å². The molecule has 45 heavy (non-hydrogen) atoms. The number of aliphatic imine (C=N–C) groups is 1. The molecule has 0 saturated heterocycles. The van der Waals surface area contributed by atoms with Crippen LogP contribution in [0.25, 0.3) is 0 Å². The van der Waals surface area contributed by atoms with Gasteiger partial charge < -0.3 is 54.2 Å². The maximum Gasteiger partial charge on any atom is 0.326 e. The number of benzene rings is 2. The number of hydrogen-bond donors (Lipinski definition) is 10. The highest BCUT2D eigenvalue weighted by Gasteiger charge is 2.30. The van der Waals surface area contributed by atoms with E-state index in [2.05, 4.69) is 20.9 Å². The number of phenols is 2. The topological polar surface area (TPSA) is 282 Å². The molecule has 0 spiro atoms. The molecule has 14 N–H and O–H groups in total. The Hall–Kier alpha value is -4.89. The van der Waals surface area contributed by atoms with E-state index < -0.39 is 47.9 Å². The van der Waals surface area contributed by atoms with Crippen LogP contribution in [0.1, 0.15) is 43.2 Å². The van der Waals surface area contributed by atoms with Gasteiger partial charge in [0.05, 0.1) is 6.04 Å². The van der Waals surface area contributed by atoms with Gasteiger partial charge in [0.2, 0.25) is 17.7 Å². The van der Waals surface area contributed by atoms with Crippen LogP contribution in [0.5, 0.6) is 11.5 Å². The monoisotopic (exact) mass is 628 g/mol. The maximum atomic E-state index is 13.6. The lowest BCUT2D eigenvalue weighted by atomic mass is 10.0. The molecule has 246 valence electrons. The Morgan fingerprint density at radius 1 is 0.689 bits per heavy atom. The number of nitrogens with zero attached hydrogens (tertiary/aromatic N) is 1. The standard InChI is InChI=1S/C30H44N8O7/c31-14-2-1-4-24(29(44)45)37-28(43)25(17-19-8-12-21(40)13-9-19)38-27(42)23(5-3-15-35-30(33)34)36-26(41)22(32)16-18-6-10-20(39)11-7-18/h6-13,22-25,39-40H,1-5,14-17,31-32H2,(H,36,41)(H,37,43)(H,38,42)(H,44,45)(H4,33,34,35). The van der Waals surface area contributed by atoms with E-state index in [0.717, 1.165) is 0 Å². The number of aliphatic carboxylic acids is 1. The Kier molecular flexibility index (Phi) is 15.1. The minimum absolute atomic E-state index is 0.00169. The largest absolute Gasteiger partial charge is 0.508 e. The summed E-state index contributed by atoms with van der Waals surface area (Å²) in [4.78, 5) is 55.8. The highest BCUT2D eigenvalue weighted by Crippen LogP contribution is 2.14. The Morgan fingerprint density at radius 3 is 1.71 bits per heavy atom. The van der Waals surface area contributed by atoms with Crippen LogP contribution in [0.4, 0.5) is 0 Å². The third-order valence-corrected chi connectivity index (χ3v) is 6.88. The SMILES string of the molecule is NCCCCC(NC(=O)C(Cc1ccc(O)cc1)NC(=O)C(CCCN=C(N)N)NC(=O)C(N)Cc1ccc(O)cc1)C(=O)O. The number of amides is 3. The predicted octanol–water partition coefficient (Wildman–Crippen LogP) is -1.07. The van der Waals surface area contributed by atoms with Gasteiger partial charge in [0, 0.05) is 13.0 Å². The van der Waals surface area contributed by atoms with Gasteiger partial charge >= 0.3 is 5.97 Å². The average Bonchev–Trinajstić information content (AvgIpc) is 2.99. The molecule has 0 bridgehead atoms. The Balaban J connectivity index is 2.25. The minimum atomic E-state index is -1.24. The summed E-state index contributed by atoms with van der Waals surface area (Å²) in [5, 5.41) is 36.6. The van der Waals surface area contributed by atoms with Crippen molar-refractivity contribution in [1.29, 1.82) is 0 Å².